The molecule has 148 valence electrons. The lowest BCUT2D eigenvalue weighted by Gasteiger charge is -2.39. The molecule has 0 spiro atoms. The largest absolute Gasteiger partial charge is 0.444 e. The van der Waals surface area contributed by atoms with Gasteiger partial charge in [-0.2, -0.15) is 0 Å². The number of halogens is 1. The number of aliphatic hydroxyl groups is 1. The Balaban J connectivity index is 1.54. The van der Waals surface area contributed by atoms with Gasteiger partial charge in [-0.3, -0.25) is 4.99 Å². The second-order valence-electron chi connectivity index (χ2n) is 7.88. The van der Waals surface area contributed by atoms with Crippen molar-refractivity contribution in [3.05, 3.63) is 35.1 Å². The minimum atomic E-state index is -0.504. The summed E-state index contributed by atoms with van der Waals surface area (Å²) in [5.74, 6) is 0.386. The summed E-state index contributed by atoms with van der Waals surface area (Å²) in [6.07, 6.45) is -0.286. The predicted octanol–water partition coefficient (Wildman–Crippen LogP) is 1.70. The highest BCUT2D eigenvalue weighted by atomic mass is 19.1. The van der Waals surface area contributed by atoms with Crippen molar-refractivity contribution in [2.45, 2.75) is 45.6 Å². The Kier molecular flexibility index (Phi) is 5.55. The zero-order chi connectivity index (χ0) is 19.6. The maximum atomic E-state index is 13.5. The number of ether oxygens (including phenoxy) is 1. The maximum absolute atomic E-state index is 13.5. The van der Waals surface area contributed by atoms with Crippen LogP contribution in [0.5, 0.6) is 0 Å². The van der Waals surface area contributed by atoms with E-state index in [-0.39, 0.29) is 24.3 Å². The molecule has 1 atom stereocenters. The molecular weight excluding hydrogens is 351 g/mol. The molecule has 0 radical (unpaired) electrons. The van der Waals surface area contributed by atoms with E-state index < -0.39 is 11.4 Å². The molecule has 8 heteroatoms. The molecule has 1 amide bonds. The molecule has 3 rings (SSSR count). The van der Waals surface area contributed by atoms with Gasteiger partial charge in [0, 0.05) is 31.7 Å². The van der Waals surface area contributed by atoms with Gasteiger partial charge in [-0.15, -0.1) is 0 Å². The number of rotatable bonds is 3. The molecule has 2 N–H and O–H groups in total. The SMILES string of the molecule is CC(C)(C)OC(=O)N1CCN2C(NCc3ccc(F)c(CO)c3)=NCC2C1. The lowest BCUT2D eigenvalue weighted by molar-refractivity contribution is 0.0137. The second-order valence-corrected chi connectivity index (χ2v) is 7.88. The van der Waals surface area contributed by atoms with Crippen LogP contribution in [0.25, 0.3) is 0 Å². The highest BCUT2D eigenvalue weighted by Gasteiger charge is 2.36. The van der Waals surface area contributed by atoms with E-state index in [0.29, 0.717) is 32.7 Å². The third-order valence-electron chi connectivity index (χ3n) is 4.59. The van der Waals surface area contributed by atoms with Gasteiger partial charge in [-0.1, -0.05) is 6.07 Å². The lowest BCUT2D eigenvalue weighted by Crippen LogP contribution is -2.57. The average molecular weight is 378 g/mol. The number of guanidine groups is 1. The Morgan fingerprint density at radius 3 is 2.89 bits per heavy atom. The van der Waals surface area contributed by atoms with Gasteiger partial charge in [0.15, 0.2) is 5.96 Å². The molecule has 1 unspecified atom stereocenters. The first kappa shape index (κ1) is 19.4. The molecule has 0 aliphatic carbocycles. The standard InChI is InChI=1S/C19H27FN4O3/c1-19(2,3)27-18(26)23-6-7-24-15(11-23)10-22-17(24)21-9-13-4-5-16(20)14(8-13)12-25/h4-5,8,15,25H,6-7,9-12H2,1-3H3,(H,21,22). The molecule has 1 saturated heterocycles. The van der Waals surface area contributed by atoms with Crippen molar-refractivity contribution in [3.63, 3.8) is 0 Å². The fourth-order valence-electron chi connectivity index (χ4n) is 3.26. The van der Waals surface area contributed by atoms with Crippen LogP contribution in [0.3, 0.4) is 0 Å². The van der Waals surface area contributed by atoms with Gasteiger partial charge in [0.1, 0.15) is 11.4 Å². The monoisotopic (exact) mass is 378 g/mol. The van der Waals surface area contributed by atoms with E-state index in [0.717, 1.165) is 11.5 Å². The second kappa shape index (κ2) is 7.72. The molecular formula is C19H27FN4O3. The number of aliphatic hydroxyl groups excluding tert-OH is 1. The fourth-order valence-corrected chi connectivity index (χ4v) is 3.26. The van der Waals surface area contributed by atoms with Crippen molar-refractivity contribution < 1.29 is 19.0 Å². The molecule has 2 aliphatic heterocycles. The Labute approximate surface area is 158 Å². The number of aliphatic imine (C=N–C) groups is 1. The van der Waals surface area contributed by atoms with Crippen LogP contribution in [0.15, 0.2) is 23.2 Å². The Morgan fingerprint density at radius 1 is 1.41 bits per heavy atom. The van der Waals surface area contributed by atoms with Crippen molar-refractivity contribution in [1.82, 2.24) is 15.1 Å². The number of piperazine rings is 1. The molecule has 0 bridgehead atoms. The van der Waals surface area contributed by atoms with Crippen LogP contribution in [0, 0.1) is 5.82 Å². The first-order valence-electron chi connectivity index (χ1n) is 9.18. The van der Waals surface area contributed by atoms with Crippen molar-refractivity contribution in [1.29, 1.82) is 0 Å². The molecule has 27 heavy (non-hydrogen) atoms. The smallest absolute Gasteiger partial charge is 0.410 e. The summed E-state index contributed by atoms with van der Waals surface area (Å²) in [6.45, 7) is 8.21. The summed E-state index contributed by atoms with van der Waals surface area (Å²) < 4.78 is 18.9. The minimum absolute atomic E-state index is 0.134. The van der Waals surface area contributed by atoms with Crippen LogP contribution < -0.4 is 5.32 Å². The minimum Gasteiger partial charge on any atom is -0.444 e. The van der Waals surface area contributed by atoms with E-state index in [1.165, 1.54) is 6.07 Å². The van der Waals surface area contributed by atoms with Gasteiger partial charge in [0.25, 0.3) is 0 Å². The summed E-state index contributed by atoms with van der Waals surface area (Å²) in [7, 11) is 0. The van der Waals surface area contributed by atoms with E-state index in [1.807, 2.05) is 20.8 Å². The summed E-state index contributed by atoms with van der Waals surface area (Å²) in [5, 5.41) is 12.5. The average Bonchev–Trinajstić information content (AvgIpc) is 3.02. The maximum Gasteiger partial charge on any atom is 0.410 e. The summed E-state index contributed by atoms with van der Waals surface area (Å²) in [6, 6.07) is 4.83. The first-order valence-corrected chi connectivity index (χ1v) is 9.18. The topological polar surface area (TPSA) is 77.4 Å². The van der Waals surface area contributed by atoms with Crippen molar-refractivity contribution in [2.75, 3.05) is 26.2 Å². The Bertz CT molecular complexity index is 732. The Morgan fingerprint density at radius 2 is 2.19 bits per heavy atom. The summed E-state index contributed by atoms with van der Waals surface area (Å²) in [4.78, 5) is 20.7. The quantitative estimate of drug-likeness (QED) is 0.837. The summed E-state index contributed by atoms with van der Waals surface area (Å²) >= 11 is 0. The van der Waals surface area contributed by atoms with Gasteiger partial charge in [-0.05, 0) is 38.5 Å². The van der Waals surface area contributed by atoms with Crippen LogP contribution in [-0.2, 0) is 17.9 Å². The van der Waals surface area contributed by atoms with Crippen LogP contribution in [-0.4, -0.2) is 64.8 Å². The van der Waals surface area contributed by atoms with Crippen molar-refractivity contribution >= 4 is 12.1 Å². The first-order chi connectivity index (χ1) is 12.8. The number of nitrogens with one attached hydrogen (secondary N) is 1. The molecule has 2 heterocycles. The van der Waals surface area contributed by atoms with Crippen LogP contribution in [0.4, 0.5) is 9.18 Å². The van der Waals surface area contributed by atoms with Crippen molar-refractivity contribution in [3.8, 4) is 0 Å². The molecule has 1 aromatic carbocycles. The Hall–Kier alpha value is -2.35. The normalized spacial score (nSPS) is 19.6. The van der Waals surface area contributed by atoms with E-state index >= 15 is 0 Å². The van der Waals surface area contributed by atoms with Crippen LogP contribution >= 0.6 is 0 Å². The van der Waals surface area contributed by atoms with Crippen molar-refractivity contribution in [2.24, 2.45) is 4.99 Å². The van der Waals surface area contributed by atoms with Gasteiger partial charge in [-0.25, -0.2) is 9.18 Å². The number of nitrogens with zero attached hydrogens (tertiary/aromatic N) is 3. The molecule has 1 aromatic rings. The van der Waals surface area contributed by atoms with Gasteiger partial charge in [0.2, 0.25) is 0 Å². The number of amides is 1. The number of fused-ring (bicyclic) bond motifs is 1. The van der Waals surface area contributed by atoms with Gasteiger partial charge < -0.3 is 25.0 Å². The number of hydrogen-bond donors (Lipinski definition) is 2. The zero-order valence-electron chi connectivity index (χ0n) is 16.0. The number of carbonyl (C=O) groups excluding carboxylic acids is 1. The van der Waals surface area contributed by atoms with Crippen LogP contribution in [0.2, 0.25) is 0 Å². The fraction of sp³-hybridized carbons (Fsp3) is 0.579. The molecule has 0 aromatic heterocycles. The third kappa shape index (κ3) is 4.68. The van der Waals surface area contributed by atoms with E-state index in [9.17, 15) is 14.3 Å². The van der Waals surface area contributed by atoms with Gasteiger partial charge >= 0.3 is 6.09 Å². The number of hydrogen-bond acceptors (Lipinski definition) is 6. The predicted molar refractivity (Wildman–Crippen MR) is 99.8 cm³/mol. The zero-order valence-corrected chi connectivity index (χ0v) is 16.0. The summed E-state index contributed by atoms with van der Waals surface area (Å²) in [5.41, 5.74) is 0.654. The van der Waals surface area contributed by atoms with E-state index in [1.54, 1.807) is 17.0 Å². The lowest BCUT2D eigenvalue weighted by atomic mass is 10.1. The molecule has 7 nitrogen and oxygen atoms in total. The van der Waals surface area contributed by atoms with E-state index in [2.05, 4.69) is 15.2 Å². The van der Waals surface area contributed by atoms with E-state index in [4.69, 9.17) is 4.74 Å². The molecule has 0 saturated carbocycles. The van der Waals surface area contributed by atoms with Crippen LogP contribution in [0.1, 0.15) is 31.9 Å². The number of carbonyl (C=O) groups is 1. The van der Waals surface area contributed by atoms with Gasteiger partial charge in [0.05, 0.1) is 19.2 Å². The highest BCUT2D eigenvalue weighted by molar-refractivity contribution is 5.82. The number of benzene rings is 1. The highest BCUT2D eigenvalue weighted by Crippen LogP contribution is 2.19. The molecule has 1 fully saturated rings. The molecule has 2 aliphatic rings. The third-order valence-corrected chi connectivity index (χ3v) is 4.59.